The lowest BCUT2D eigenvalue weighted by molar-refractivity contribution is -0.181. The van der Waals surface area contributed by atoms with E-state index in [4.69, 9.17) is 9.57 Å². The number of rotatable bonds is 4. The van der Waals surface area contributed by atoms with E-state index in [1.54, 1.807) is 12.2 Å². The maximum Gasteiger partial charge on any atom is 0.121 e. The molecule has 0 spiro atoms. The second-order valence-electron chi connectivity index (χ2n) is 1.46. The van der Waals surface area contributed by atoms with Crippen molar-refractivity contribution in [3.63, 3.8) is 0 Å². The predicted molar refractivity (Wildman–Crippen MR) is 31.3 cm³/mol. The Morgan fingerprint density at radius 3 is 2.50 bits per heavy atom. The molecule has 0 aliphatic carbocycles. The van der Waals surface area contributed by atoms with Crippen molar-refractivity contribution in [3.05, 3.63) is 0 Å². The third-order valence-electron chi connectivity index (χ3n) is 0.660. The van der Waals surface area contributed by atoms with Gasteiger partial charge in [0.25, 0.3) is 0 Å². The molecule has 0 aromatic heterocycles. The average molecular weight is 119 g/mol. The van der Waals surface area contributed by atoms with Crippen molar-refractivity contribution in [2.45, 2.75) is 6.92 Å². The zero-order valence-electron chi connectivity index (χ0n) is 5.68. The summed E-state index contributed by atoms with van der Waals surface area (Å²) in [6.45, 7) is 3.15. The van der Waals surface area contributed by atoms with Crippen LogP contribution in [0.5, 0.6) is 0 Å². The first kappa shape index (κ1) is 7.88. The molecule has 3 heteroatoms. The lowest BCUT2D eigenvalue weighted by Crippen LogP contribution is -2.20. The van der Waals surface area contributed by atoms with Crippen LogP contribution in [0.15, 0.2) is 0 Å². The van der Waals surface area contributed by atoms with Crippen molar-refractivity contribution in [1.82, 2.24) is 5.06 Å². The van der Waals surface area contributed by atoms with Gasteiger partial charge >= 0.3 is 0 Å². The van der Waals surface area contributed by atoms with Gasteiger partial charge in [0.15, 0.2) is 0 Å². The highest BCUT2D eigenvalue weighted by molar-refractivity contribution is 4.15. The molecule has 0 radical (unpaired) electrons. The number of methoxy groups -OCH3 is 1. The number of hydroxylamine groups is 2. The third kappa shape index (κ3) is 4.05. The van der Waals surface area contributed by atoms with Gasteiger partial charge in [-0.15, -0.1) is 0 Å². The molecular formula is C5H13NO2. The quantitative estimate of drug-likeness (QED) is 0.396. The standard InChI is InChI=1S/C5H13NO2/c1-4-8-6(2)5-7-3/h4-5H2,1-3H3. The summed E-state index contributed by atoms with van der Waals surface area (Å²) >= 11 is 0. The number of hydrogen-bond acceptors (Lipinski definition) is 3. The lowest BCUT2D eigenvalue weighted by Gasteiger charge is -2.12. The van der Waals surface area contributed by atoms with E-state index in [1.165, 1.54) is 0 Å². The molecule has 0 atom stereocenters. The molecule has 50 valence electrons. The zero-order chi connectivity index (χ0) is 6.41. The van der Waals surface area contributed by atoms with Gasteiger partial charge in [0, 0.05) is 14.2 Å². The Bertz CT molecular complexity index is 43.7. The molecule has 0 saturated heterocycles. The molecule has 0 N–H and O–H groups in total. The van der Waals surface area contributed by atoms with Gasteiger partial charge in [-0.3, -0.25) is 4.84 Å². The lowest BCUT2D eigenvalue weighted by atomic mass is 10.9. The summed E-state index contributed by atoms with van der Waals surface area (Å²) in [7, 11) is 3.46. The van der Waals surface area contributed by atoms with Crippen LogP contribution in [0.2, 0.25) is 0 Å². The molecule has 0 aliphatic heterocycles. The fourth-order valence-electron chi connectivity index (χ4n) is 0.439. The molecule has 0 aromatic rings. The van der Waals surface area contributed by atoms with Crippen molar-refractivity contribution >= 4 is 0 Å². The first-order chi connectivity index (χ1) is 3.81. The van der Waals surface area contributed by atoms with Gasteiger partial charge in [-0.25, -0.2) is 0 Å². The van der Waals surface area contributed by atoms with E-state index in [9.17, 15) is 0 Å². The van der Waals surface area contributed by atoms with Crippen molar-refractivity contribution in [2.24, 2.45) is 0 Å². The molecule has 0 aliphatic rings. The molecule has 0 aromatic carbocycles. The minimum Gasteiger partial charge on any atom is -0.367 e. The van der Waals surface area contributed by atoms with E-state index in [0.717, 1.165) is 0 Å². The topological polar surface area (TPSA) is 21.7 Å². The van der Waals surface area contributed by atoms with Crippen LogP contribution in [-0.4, -0.2) is 32.6 Å². The van der Waals surface area contributed by atoms with E-state index >= 15 is 0 Å². The Morgan fingerprint density at radius 2 is 2.12 bits per heavy atom. The van der Waals surface area contributed by atoms with E-state index in [2.05, 4.69) is 0 Å². The average Bonchev–Trinajstić information content (AvgIpc) is 1.68. The van der Waals surface area contributed by atoms with Gasteiger partial charge in [0.1, 0.15) is 6.73 Å². The highest BCUT2D eigenvalue weighted by Crippen LogP contribution is 1.81. The van der Waals surface area contributed by atoms with Crippen LogP contribution < -0.4 is 0 Å². The molecule has 0 heterocycles. The van der Waals surface area contributed by atoms with Crippen LogP contribution in [0.25, 0.3) is 0 Å². The van der Waals surface area contributed by atoms with Crippen molar-refractivity contribution in [3.8, 4) is 0 Å². The van der Waals surface area contributed by atoms with E-state index in [1.807, 2.05) is 14.0 Å². The van der Waals surface area contributed by atoms with Gasteiger partial charge < -0.3 is 4.74 Å². The van der Waals surface area contributed by atoms with Crippen LogP contribution in [0.1, 0.15) is 6.92 Å². The molecule has 0 rings (SSSR count). The smallest absolute Gasteiger partial charge is 0.121 e. The zero-order valence-corrected chi connectivity index (χ0v) is 5.68. The second-order valence-corrected chi connectivity index (χ2v) is 1.46. The molecular weight excluding hydrogens is 106 g/mol. The van der Waals surface area contributed by atoms with Crippen molar-refractivity contribution < 1.29 is 9.57 Å². The summed E-state index contributed by atoms with van der Waals surface area (Å²) in [6, 6.07) is 0. The molecule has 8 heavy (non-hydrogen) atoms. The summed E-state index contributed by atoms with van der Waals surface area (Å²) in [4.78, 5) is 4.99. The van der Waals surface area contributed by atoms with Gasteiger partial charge in [-0.2, -0.15) is 5.06 Å². The molecule has 0 fully saturated rings. The third-order valence-corrected chi connectivity index (χ3v) is 0.660. The number of ether oxygens (including phenoxy) is 1. The minimum absolute atomic E-state index is 0.522. The van der Waals surface area contributed by atoms with Crippen LogP contribution in [0.3, 0.4) is 0 Å². The highest BCUT2D eigenvalue weighted by Gasteiger charge is 1.90. The van der Waals surface area contributed by atoms with E-state index in [0.29, 0.717) is 13.3 Å². The Labute approximate surface area is 50.1 Å². The van der Waals surface area contributed by atoms with E-state index in [-0.39, 0.29) is 0 Å². The van der Waals surface area contributed by atoms with Gasteiger partial charge in [0.05, 0.1) is 6.61 Å². The fraction of sp³-hybridized carbons (Fsp3) is 1.00. The van der Waals surface area contributed by atoms with Gasteiger partial charge in [-0.1, -0.05) is 0 Å². The first-order valence-electron chi connectivity index (χ1n) is 2.64. The Balaban J connectivity index is 2.92. The number of hydrogen-bond donors (Lipinski definition) is 0. The van der Waals surface area contributed by atoms with E-state index < -0.39 is 0 Å². The monoisotopic (exact) mass is 119 g/mol. The highest BCUT2D eigenvalue weighted by atomic mass is 16.7. The normalized spacial score (nSPS) is 10.5. The molecule has 0 bridgehead atoms. The predicted octanol–water partition coefficient (Wildman–Crippen LogP) is 0.474. The second kappa shape index (κ2) is 5.03. The minimum atomic E-state index is 0.522. The maximum absolute atomic E-state index is 4.99. The van der Waals surface area contributed by atoms with Crippen molar-refractivity contribution in [2.75, 3.05) is 27.5 Å². The van der Waals surface area contributed by atoms with Crippen LogP contribution in [0, 0.1) is 0 Å². The summed E-state index contributed by atoms with van der Waals surface area (Å²) in [5, 5.41) is 1.64. The summed E-state index contributed by atoms with van der Waals surface area (Å²) < 4.78 is 4.76. The molecule has 0 saturated carbocycles. The Kier molecular flexibility index (Phi) is 4.95. The largest absolute Gasteiger partial charge is 0.367 e. The molecule has 0 amide bonds. The summed E-state index contributed by atoms with van der Waals surface area (Å²) in [5.74, 6) is 0. The molecule has 3 nitrogen and oxygen atoms in total. The number of nitrogens with zero attached hydrogens (tertiary/aromatic N) is 1. The van der Waals surface area contributed by atoms with Crippen LogP contribution in [0.4, 0.5) is 0 Å². The summed E-state index contributed by atoms with van der Waals surface area (Å²) in [5.41, 5.74) is 0. The van der Waals surface area contributed by atoms with Gasteiger partial charge in [-0.05, 0) is 6.92 Å². The van der Waals surface area contributed by atoms with Crippen molar-refractivity contribution in [1.29, 1.82) is 0 Å². The first-order valence-corrected chi connectivity index (χ1v) is 2.64. The SMILES string of the molecule is CCON(C)COC. The summed E-state index contributed by atoms with van der Waals surface area (Å²) in [6.07, 6.45) is 0. The maximum atomic E-state index is 4.99. The van der Waals surface area contributed by atoms with Crippen LogP contribution in [-0.2, 0) is 9.57 Å². The Hall–Kier alpha value is -0.120. The molecule has 0 unspecified atom stereocenters. The van der Waals surface area contributed by atoms with Gasteiger partial charge in [0.2, 0.25) is 0 Å². The Morgan fingerprint density at radius 1 is 1.50 bits per heavy atom. The van der Waals surface area contributed by atoms with Crippen LogP contribution >= 0.6 is 0 Å². The fourth-order valence-corrected chi connectivity index (χ4v) is 0.439.